The second kappa shape index (κ2) is 4.44. The summed E-state index contributed by atoms with van der Waals surface area (Å²) in [5.41, 5.74) is 0. The molecule has 0 aliphatic carbocycles. The average molecular weight is 212 g/mol. The van der Waals surface area contributed by atoms with E-state index in [4.69, 9.17) is 10.7 Å². The van der Waals surface area contributed by atoms with Crippen molar-refractivity contribution in [2.45, 2.75) is 31.7 Å². The summed E-state index contributed by atoms with van der Waals surface area (Å²) in [4.78, 5) is 0. The normalized spacial score (nSPS) is 25.6. The maximum Gasteiger partial charge on any atom is 0.232 e. The van der Waals surface area contributed by atoms with Gasteiger partial charge in [-0.3, -0.25) is 0 Å². The van der Waals surface area contributed by atoms with Gasteiger partial charge in [-0.05, 0) is 25.8 Å². The van der Waals surface area contributed by atoms with Crippen LogP contribution in [0.1, 0.15) is 25.7 Å². The van der Waals surface area contributed by atoms with Gasteiger partial charge in [0, 0.05) is 16.7 Å². The zero-order chi connectivity index (χ0) is 9.03. The Balaban J connectivity index is 2.22. The summed E-state index contributed by atoms with van der Waals surface area (Å²) >= 11 is 0. The smallest absolute Gasteiger partial charge is 0.232 e. The Hall–Kier alpha value is 0.200. The van der Waals surface area contributed by atoms with Crippen LogP contribution in [0.25, 0.3) is 0 Å². The molecule has 72 valence electrons. The van der Waals surface area contributed by atoms with E-state index in [9.17, 15) is 8.42 Å². The Morgan fingerprint density at radius 1 is 1.42 bits per heavy atom. The SMILES string of the molecule is O=S(=O)(Cl)CCC1CCCCN1. The van der Waals surface area contributed by atoms with E-state index < -0.39 is 9.05 Å². The van der Waals surface area contributed by atoms with Crippen LogP contribution in [0, 0.1) is 0 Å². The number of nitrogens with one attached hydrogen (secondary N) is 1. The van der Waals surface area contributed by atoms with E-state index in [1.165, 1.54) is 12.8 Å². The van der Waals surface area contributed by atoms with Crippen LogP contribution in [0.2, 0.25) is 0 Å². The van der Waals surface area contributed by atoms with Crippen molar-refractivity contribution >= 4 is 19.7 Å². The highest BCUT2D eigenvalue weighted by Gasteiger charge is 2.15. The largest absolute Gasteiger partial charge is 0.314 e. The van der Waals surface area contributed by atoms with Crippen molar-refractivity contribution in [3.8, 4) is 0 Å². The van der Waals surface area contributed by atoms with E-state index in [1.807, 2.05) is 0 Å². The number of halogens is 1. The van der Waals surface area contributed by atoms with Gasteiger partial charge in [-0.25, -0.2) is 8.42 Å². The van der Waals surface area contributed by atoms with Gasteiger partial charge in [0.1, 0.15) is 0 Å². The number of rotatable bonds is 3. The number of hydrogen-bond donors (Lipinski definition) is 1. The highest BCUT2D eigenvalue weighted by molar-refractivity contribution is 8.13. The van der Waals surface area contributed by atoms with Crippen molar-refractivity contribution in [1.29, 1.82) is 0 Å². The highest BCUT2D eigenvalue weighted by atomic mass is 35.7. The van der Waals surface area contributed by atoms with Gasteiger partial charge in [0.25, 0.3) is 0 Å². The van der Waals surface area contributed by atoms with Gasteiger partial charge < -0.3 is 5.32 Å². The van der Waals surface area contributed by atoms with Gasteiger partial charge in [-0.2, -0.15) is 0 Å². The lowest BCUT2D eigenvalue weighted by Crippen LogP contribution is -2.35. The molecular formula is C7H14ClNO2S. The summed E-state index contributed by atoms with van der Waals surface area (Å²) < 4.78 is 21.2. The number of piperidine rings is 1. The molecule has 0 bridgehead atoms. The molecule has 0 amide bonds. The van der Waals surface area contributed by atoms with Crippen molar-refractivity contribution in [3.63, 3.8) is 0 Å². The third-order valence-corrected chi connectivity index (χ3v) is 3.31. The maximum atomic E-state index is 10.6. The topological polar surface area (TPSA) is 46.2 Å². The van der Waals surface area contributed by atoms with Crippen LogP contribution in [0.15, 0.2) is 0 Å². The summed E-state index contributed by atoms with van der Waals surface area (Å²) in [7, 11) is 1.81. The molecule has 0 spiro atoms. The molecule has 1 aliphatic heterocycles. The Morgan fingerprint density at radius 3 is 2.67 bits per heavy atom. The van der Waals surface area contributed by atoms with E-state index in [0.29, 0.717) is 12.5 Å². The third kappa shape index (κ3) is 4.28. The van der Waals surface area contributed by atoms with Crippen molar-refractivity contribution in [3.05, 3.63) is 0 Å². The van der Waals surface area contributed by atoms with Crippen LogP contribution < -0.4 is 5.32 Å². The fourth-order valence-corrected chi connectivity index (χ4v) is 2.29. The zero-order valence-corrected chi connectivity index (χ0v) is 8.50. The third-order valence-electron chi connectivity index (χ3n) is 2.12. The molecule has 0 aromatic heterocycles. The first-order valence-corrected chi connectivity index (χ1v) is 6.71. The maximum absolute atomic E-state index is 10.6. The summed E-state index contributed by atoms with van der Waals surface area (Å²) in [6, 6.07) is 0.354. The first kappa shape index (κ1) is 10.3. The molecule has 1 N–H and O–H groups in total. The van der Waals surface area contributed by atoms with Crippen LogP contribution in [0.5, 0.6) is 0 Å². The predicted molar refractivity (Wildman–Crippen MR) is 49.9 cm³/mol. The number of hydrogen-bond acceptors (Lipinski definition) is 3. The molecule has 1 heterocycles. The van der Waals surface area contributed by atoms with Crippen molar-refractivity contribution in [1.82, 2.24) is 5.32 Å². The molecular weight excluding hydrogens is 198 g/mol. The first-order chi connectivity index (χ1) is 5.58. The molecule has 1 atom stereocenters. The summed E-state index contributed by atoms with van der Waals surface area (Å²) in [5, 5.41) is 3.27. The van der Waals surface area contributed by atoms with Crippen molar-refractivity contribution in [2.75, 3.05) is 12.3 Å². The van der Waals surface area contributed by atoms with Crippen LogP contribution in [-0.2, 0) is 9.05 Å². The monoisotopic (exact) mass is 211 g/mol. The molecule has 0 radical (unpaired) electrons. The lowest BCUT2D eigenvalue weighted by Gasteiger charge is -2.22. The van der Waals surface area contributed by atoms with Crippen molar-refractivity contribution < 1.29 is 8.42 Å². The minimum atomic E-state index is -3.29. The lowest BCUT2D eigenvalue weighted by atomic mass is 10.0. The van der Waals surface area contributed by atoms with E-state index in [1.54, 1.807) is 0 Å². The van der Waals surface area contributed by atoms with E-state index >= 15 is 0 Å². The van der Waals surface area contributed by atoms with E-state index in [-0.39, 0.29) is 5.75 Å². The Labute approximate surface area is 77.9 Å². The molecule has 0 aromatic rings. The van der Waals surface area contributed by atoms with Crippen LogP contribution in [-0.4, -0.2) is 26.8 Å². The summed E-state index contributed by atoms with van der Waals surface area (Å²) in [6.45, 7) is 1.01. The fourth-order valence-electron chi connectivity index (χ4n) is 1.45. The van der Waals surface area contributed by atoms with Crippen LogP contribution in [0.3, 0.4) is 0 Å². The average Bonchev–Trinajstić information content (AvgIpc) is 2.02. The van der Waals surface area contributed by atoms with Crippen LogP contribution >= 0.6 is 10.7 Å². The minimum Gasteiger partial charge on any atom is -0.314 e. The zero-order valence-electron chi connectivity index (χ0n) is 6.92. The van der Waals surface area contributed by atoms with Gasteiger partial charge in [0.2, 0.25) is 9.05 Å². The van der Waals surface area contributed by atoms with E-state index in [0.717, 1.165) is 13.0 Å². The first-order valence-electron chi connectivity index (χ1n) is 4.24. The summed E-state index contributed by atoms with van der Waals surface area (Å²) in [5.74, 6) is 0.0895. The standard InChI is InChI=1S/C7H14ClNO2S/c8-12(10,11)6-4-7-3-1-2-5-9-7/h7,9H,1-6H2. The van der Waals surface area contributed by atoms with Crippen molar-refractivity contribution in [2.24, 2.45) is 0 Å². The molecule has 1 fully saturated rings. The molecule has 1 saturated heterocycles. The second-order valence-corrected chi connectivity index (χ2v) is 6.07. The lowest BCUT2D eigenvalue weighted by molar-refractivity contribution is 0.393. The molecule has 1 rings (SSSR count). The van der Waals surface area contributed by atoms with E-state index in [2.05, 4.69) is 5.32 Å². The predicted octanol–water partition coefficient (Wildman–Crippen LogP) is 1.09. The quantitative estimate of drug-likeness (QED) is 0.711. The Morgan fingerprint density at radius 2 is 2.17 bits per heavy atom. The van der Waals surface area contributed by atoms with Gasteiger partial charge in [-0.15, -0.1) is 0 Å². The van der Waals surface area contributed by atoms with Gasteiger partial charge in [0.15, 0.2) is 0 Å². The highest BCUT2D eigenvalue weighted by Crippen LogP contribution is 2.11. The molecule has 0 saturated carbocycles. The van der Waals surface area contributed by atoms with Gasteiger partial charge >= 0.3 is 0 Å². The van der Waals surface area contributed by atoms with Gasteiger partial charge in [0.05, 0.1) is 5.75 Å². The molecule has 1 aliphatic rings. The summed E-state index contributed by atoms with van der Waals surface area (Å²) in [6.07, 6.45) is 4.11. The minimum absolute atomic E-state index is 0.0895. The second-order valence-electron chi connectivity index (χ2n) is 3.18. The van der Waals surface area contributed by atoms with Gasteiger partial charge in [-0.1, -0.05) is 6.42 Å². The Kier molecular flexibility index (Phi) is 3.80. The molecule has 5 heteroatoms. The van der Waals surface area contributed by atoms with Crippen LogP contribution in [0.4, 0.5) is 0 Å². The fraction of sp³-hybridized carbons (Fsp3) is 1.00. The molecule has 12 heavy (non-hydrogen) atoms. The Bertz CT molecular complexity index is 222. The molecule has 1 unspecified atom stereocenters. The molecule has 0 aromatic carbocycles. The molecule has 3 nitrogen and oxygen atoms in total.